The number of hydrogen-bond donors (Lipinski definition) is 1. The summed E-state index contributed by atoms with van der Waals surface area (Å²) in [7, 11) is 0. The van der Waals surface area contributed by atoms with Crippen LogP contribution in [-0.4, -0.2) is 9.97 Å². The fraction of sp³-hybridized carbons (Fsp3) is 0.0435. The third kappa shape index (κ3) is 3.92. The maximum atomic E-state index is 13.0. The number of hydrogen-bond acceptors (Lipinski definition) is 3. The van der Waals surface area contributed by atoms with E-state index < -0.39 is 0 Å². The van der Waals surface area contributed by atoms with Gasteiger partial charge in [-0.1, -0.05) is 36.4 Å². The summed E-state index contributed by atoms with van der Waals surface area (Å²) in [6.45, 7) is 0.335. The molecule has 0 fully saturated rings. The molecule has 1 aromatic heterocycles. The second-order valence-corrected chi connectivity index (χ2v) is 6.26. The number of fused-ring (bicyclic) bond motifs is 1. The van der Waals surface area contributed by atoms with Crippen molar-refractivity contribution < 1.29 is 9.13 Å². The molecule has 0 amide bonds. The van der Waals surface area contributed by atoms with Gasteiger partial charge in [0.2, 0.25) is 0 Å². The van der Waals surface area contributed by atoms with Crippen molar-refractivity contribution in [3.8, 4) is 11.8 Å². The molecule has 0 unspecified atom stereocenters. The Labute approximate surface area is 161 Å². The second-order valence-electron chi connectivity index (χ2n) is 6.26. The van der Waals surface area contributed by atoms with Crippen molar-refractivity contribution in [2.24, 2.45) is 0 Å². The molecular formula is C23H16FN3O. The van der Waals surface area contributed by atoms with Crippen molar-refractivity contribution in [3.05, 3.63) is 95.6 Å². The van der Waals surface area contributed by atoms with Gasteiger partial charge in [0.1, 0.15) is 30.1 Å². The third-order valence-electron chi connectivity index (χ3n) is 4.25. The average molecular weight is 369 g/mol. The number of nitrogens with one attached hydrogen (secondary N) is 1. The van der Waals surface area contributed by atoms with Gasteiger partial charge >= 0.3 is 0 Å². The predicted molar refractivity (Wildman–Crippen MR) is 107 cm³/mol. The minimum absolute atomic E-state index is 0.273. The number of imidazole rings is 1. The highest BCUT2D eigenvalue weighted by atomic mass is 19.1. The number of benzene rings is 3. The molecule has 1 heterocycles. The lowest BCUT2D eigenvalue weighted by Crippen LogP contribution is -1.95. The quantitative estimate of drug-likeness (QED) is 0.483. The monoisotopic (exact) mass is 369 g/mol. The fourth-order valence-electron chi connectivity index (χ4n) is 2.84. The SMILES string of the molecule is N#C/C(=C\c1cccc(OCc2ccc(F)cc2)c1)c1nc2ccccc2[nH]1. The second kappa shape index (κ2) is 7.77. The Morgan fingerprint density at radius 1 is 1.07 bits per heavy atom. The van der Waals surface area contributed by atoms with Gasteiger partial charge in [-0.05, 0) is 53.6 Å². The van der Waals surface area contributed by atoms with Crippen LogP contribution in [0.3, 0.4) is 0 Å². The van der Waals surface area contributed by atoms with E-state index in [1.54, 1.807) is 18.2 Å². The molecule has 0 aliphatic rings. The highest BCUT2D eigenvalue weighted by Crippen LogP contribution is 2.22. The first-order valence-electron chi connectivity index (χ1n) is 8.75. The molecule has 4 aromatic rings. The van der Waals surface area contributed by atoms with Gasteiger partial charge < -0.3 is 9.72 Å². The molecular weight excluding hydrogens is 353 g/mol. The standard InChI is InChI=1S/C23H16FN3O/c24-19-10-8-16(9-11-19)15-28-20-5-3-4-17(13-20)12-18(14-25)23-26-21-6-1-2-7-22(21)27-23/h1-13H,15H2,(H,26,27)/b18-12+. The van der Waals surface area contributed by atoms with Crippen molar-refractivity contribution in [2.45, 2.75) is 6.61 Å². The van der Waals surface area contributed by atoms with Crippen LogP contribution in [0.1, 0.15) is 17.0 Å². The maximum Gasteiger partial charge on any atom is 0.149 e. The predicted octanol–water partition coefficient (Wildman–Crippen LogP) is 5.35. The van der Waals surface area contributed by atoms with Crippen LogP contribution in [0.25, 0.3) is 22.7 Å². The Morgan fingerprint density at radius 3 is 2.68 bits per heavy atom. The first-order chi connectivity index (χ1) is 13.7. The number of H-pyrrole nitrogens is 1. The Bertz CT molecular complexity index is 1150. The summed E-state index contributed by atoms with van der Waals surface area (Å²) in [5.74, 6) is 0.923. The van der Waals surface area contributed by atoms with Crippen LogP contribution in [0, 0.1) is 17.1 Å². The van der Waals surface area contributed by atoms with Crippen LogP contribution in [0.5, 0.6) is 5.75 Å². The van der Waals surface area contributed by atoms with Gasteiger partial charge in [0.05, 0.1) is 16.6 Å². The lowest BCUT2D eigenvalue weighted by molar-refractivity contribution is 0.306. The van der Waals surface area contributed by atoms with Crippen LogP contribution in [0.4, 0.5) is 4.39 Å². The number of nitriles is 1. The number of para-hydroxylation sites is 2. The molecule has 0 aliphatic carbocycles. The molecule has 0 radical (unpaired) electrons. The van der Waals surface area contributed by atoms with E-state index in [2.05, 4.69) is 16.0 Å². The third-order valence-corrected chi connectivity index (χ3v) is 4.25. The summed E-state index contributed by atoms with van der Waals surface area (Å²) in [5.41, 5.74) is 3.84. The number of aromatic nitrogens is 2. The molecule has 0 bridgehead atoms. The summed E-state index contributed by atoms with van der Waals surface area (Å²) < 4.78 is 18.8. The number of aromatic amines is 1. The molecule has 0 saturated carbocycles. The van der Waals surface area contributed by atoms with Gasteiger partial charge in [-0.3, -0.25) is 0 Å². The Morgan fingerprint density at radius 2 is 1.89 bits per heavy atom. The van der Waals surface area contributed by atoms with Crippen LogP contribution < -0.4 is 4.74 Å². The minimum atomic E-state index is -0.273. The Kier molecular flexibility index (Phi) is 4.85. The molecule has 4 rings (SSSR count). The number of halogens is 1. The zero-order chi connectivity index (χ0) is 19.3. The van der Waals surface area contributed by atoms with Gasteiger partial charge in [-0.2, -0.15) is 5.26 Å². The van der Waals surface area contributed by atoms with Crippen LogP contribution in [0.2, 0.25) is 0 Å². The van der Waals surface area contributed by atoms with Crippen molar-refractivity contribution >= 4 is 22.7 Å². The van der Waals surface area contributed by atoms with E-state index in [0.29, 0.717) is 23.8 Å². The average Bonchev–Trinajstić information content (AvgIpc) is 3.16. The van der Waals surface area contributed by atoms with Gasteiger partial charge in [-0.25, -0.2) is 9.37 Å². The molecule has 1 N–H and O–H groups in total. The van der Waals surface area contributed by atoms with Crippen molar-refractivity contribution in [1.82, 2.24) is 9.97 Å². The van der Waals surface area contributed by atoms with E-state index in [9.17, 15) is 9.65 Å². The molecule has 4 nitrogen and oxygen atoms in total. The number of rotatable bonds is 5. The van der Waals surface area contributed by atoms with Crippen LogP contribution in [0.15, 0.2) is 72.8 Å². The molecule has 136 valence electrons. The summed E-state index contributed by atoms with van der Waals surface area (Å²) in [6, 6.07) is 23.5. The number of nitrogens with zero attached hydrogens (tertiary/aromatic N) is 2. The molecule has 3 aromatic carbocycles. The van der Waals surface area contributed by atoms with E-state index in [0.717, 1.165) is 22.2 Å². The number of ether oxygens (including phenoxy) is 1. The normalized spacial score (nSPS) is 11.4. The lowest BCUT2D eigenvalue weighted by Gasteiger charge is -2.07. The van der Waals surface area contributed by atoms with Crippen LogP contribution >= 0.6 is 0 Å². The van der Waals surface area contributed by atoms with E-state index in [1.165, 1.54) is 12.1 Å². The molecule has 0 spiro atoms. The topological polar surface area (TPSA) is 61.7 Å². The summed E-state index contributed by atoms with van der Waals surface area (Å²) in [6.07, 6.45) is 1.77. The van der Waals surface area contributed by atoms with E-state index in [1.807, 2.05) is 48.5 Å². The molecule has 28 heavy (non-hydrogen) atoms. The van der Waals surface area contributed by atoms with Gasteiger partial charge in [0.15, 0.2) is 0 Å². The summed E-state index contributed by atoms with van der Waals surface area (Å²) in [5, 5.41) is 9.57. The van der Waals surface area contributed by atoms with E-state index >= 15 is 0 Å². The van der Waals surface area contributed by atoms with Crippen molar-refractivity contribution in [1.29, 1.82) is 5.26 Å². The Hall–Kier alpha value is -3.91. The highest BCUT2D eigenvalue weighted by molar-refractivity contribution is 5.90. The van der Waals surface area contributed by atoms with Crippen LogP contribution in [-0.2, 0) is 6.61 Å². The highest BCUT2D eigenvalue weighted by Gasteiger charge is 2.08. The molecule has 0 saturated heterocycles. The van der Waals surface area contributed by atoms with Gasteiger partial charge in [-0.15, -0.1) is 0 Å². The van der Waals surface area contributed by atoms with E-state index in [-0.39, 0.29) is 5.82 Å². The maximum absolute atomic E-state index is 13.0. The van der Waals surface area contributed by atoms with E-state index in [4.69, 9.17) is 4.74 Å². The van der Waals surface area contributed by atoms with Gasteiger partial charge in [0.25, 0.3) is 0 Å². The molecule has 0 aliphatic heterocycles. The smallest absolute Gasteiger partial charge is 0.149 e. The summed E-state index contributed by atoms with van der Waals surface area (Å²) in [4.78, 5) is 7.65. The van der Waals surface area contributed by atoms with Crippen molar-refractivity contribution in [3.63, 3.8) is 0 Å². The zero-order valence-electron chi connectivity index (χ0n) is 14.9. The van der Waals surface area contributed by atoms with Gasteiger partial charge in [0, 0.05) is 0 Å². The minimum Gasteiger partial charge on any atom is -0.489 e. The fourth-order valence-corrected chi connectivity index (χ4v) is 2.84. The lowest BCUT2D eigenvalue weighted by atomic mass is 10.1. The van der Waals surface area contributed by atoms with Crippen molar-refractivity contribution in [2.75, 3.05) is 0 Å². The first-order valence-corrected chi connectivity index (χ1v) is 8.75. The molecule has 5 heteroatoms. The summed E-state index contributed by atoms with van der Waals surface area (Å²) >= 11 is 0. The largest absolute Gasteiger partial charge is 0.489 e. The first kappa shape index (κ1) is 17.5. The number of allylic oxidation sites excluding steroid dienone is 1. The Balaban J connectivity index is 1.55. The zero-order valence-corrected chi connectivity index (χ0v) is 14.9. The molecule has 0 atom stereocenters.